The molecule has 0 spiro atoms. The number of carboxylic acid groups (broad SMARTS) is 1. The second kappa shape index (κ2) is 5.73. The third kappa shape index (κ3) is 2.79. The zero-order chi connectivity index (χ0) is 14.7. The third-order valence-corrected chi connectivity index (χ3v) is 3.06. The quantitative estimate of drug-likeness (QED) is 0.774. The van der Waals surface area contributed by atoms with Gasteiger partial charge in [-0.25, -0.2) is 9.78 Å². The van der Waals surface area contributed by atoms with Gasteiger partial charge in [-0.2, -0.15) is 4.98 Å². The van der Waals surface area contributed by atoms with Crippen LogP contribution in [0.25, 0.3) is 10.9 Å². The van der Waals surface area contributed by atoms with Gasteiger partial charge in [-0.05, 0) is 18.1 Å². The van der Waals surface area contributed by atoms with Crippen molar-refractivity contribution in [3.8, 4) is 0 Å². The number of rotatable bonds is 5. The first-order valence-electron chi connectivity index (χ1n) is 6.46. The lowest BCUT2D eigenvalue weighted by Crippen LogP contribution is -2.35. The first kappa shape index (κ1) is 14.0. The molecular weight excluding hydrogens is 256 g/mol. The van der Waals surface area contributed by atoms with Crippen molar-refractivity contribution in [2.75, 3.05) is 17.7 Å². The van der Waals surface area contributed by atoms with Gasteiger partial charge in [-0.15, -0.1) is 0 Å². The molecule has 0 bridgehead atoms. The van der Waals surface area contributed by atoms with Gasteiger partial charge in [0.25, 0.3) is 0 Å². The van der Waals surface area contributed by atoms with Crippen molar-refractivity contribution < 1.29 is 9.90 Å². The number of carboxylic acids is 1. The Morgan fingerprint density at radius 2 is 1.95 bits per heavy atom. The fraction of sp³-hybridized carbons (Fsp3) is 0.357. The summed E-state index contributed by atoms with van der Waals surface area (Å²) in [6, 6.07) is 6.86. The molecule has 1 aromatic heterocycles. The maximum absolute atomic E-state index is 11.2. The largest absolute Gasteiger partial charge is 0.480 e. The number of anilines is 2. The molecule has 0 amide bonds. The molecule has 0 aliphatic carbocycles. The summed E-state index contributed by atoms with van der Waals surface area (Å²) in [5.41, 5.74) is 0.766. The highest BCUT2D eigenvalue weighted by atomic mass is 16.4. The van der Waals surface area contributed by atoms with Gasteiger partial charge in [0.15, 0.2) is 0 Å². The molecule has 6 heteroatoms. The van der Waals surface area contributed by atoms with Crippen molar-refractivity contribution in [1.82, 2.24) is 9.97 Å². The minimum atomic E-state index is -0.914. The normalized spacial score (nSPS) is 12.4. The van der Waals surface area contributed by atoms with Gasteiger partial charge in [0, 0.05) is 12.4 Å². The van der Waals surface area contributed by atoms with Crippen LogP contribution in [0.3, 0.4) is 0 Å². The summed E-state index contributed by atoms with van der Waals surface area (Å²) < 4.78 is 0. The lowest BCUT2D eigenvalue weighted by atomic mass is 10.1. The standard InChI is InChI=1S/C14H18N4O2/c1-8(2)11(13(19)20)17-14-16-10-7-5-4-6-9(10)12(15-3)18-14/h4-8,11H,1-3H3,(H,19,20)(H2,15,16,17,18)/t11-/m0/s1. The van der Waals surface area contributed by atoms with E-state index < -0.39 is 12.0 Å². The van der Waals surface area contributed by atoms with E-state index in [1.54, 1.807) is 7.05 Å². The van der Waals surface area contributed by atoms with Gasteiger partial charge in [-0.1, -0.05) is 26.0 Å². The molecule has 3 N–H and O–H groups in total. The van der Waals surface area contributed by atoms with Crippen LogP contribution >= 0.6 is 0 Å². The molecule has 0 unspecified atom stereocenters. The highest BCUT2D eigenvalue weighted by Crippen LogP contribution is 2.22. The van der Waals surface area contributed by atoms with Gasteiger partial charge in [0.05, 0.1) is 5.52 Å². The zero-order valence-electron chi connectivity index (χ0n) is 11.7. The number of hydrogen-bond donors (Lipinski definition) is 3. The van der Waals surface area contributed by atoms with E-state index in [2.05, 4.69) is 20.6 Å². The Hall–Kier alpha value is -2.37. The molecule has 0 fully saturated rings. The monoisotopic (exact) mass is 274 g/mol. The number of para-hydroxylation sites is 1. The Bertz CT molecular complexity index is 628. The van der Waals surface area contributed by atoms with Gasteiger partial charge in [0.2, 0.25) is 5.95 Å². The summed E-state index contributed by atoms with van der Waals surface area (Å²) >= 11 is 0. The average molecular weight is 274 g/mol. The highest BCUT2D eigenvalue weighted by molar-refractivity contribution is 5.90. The van der Waals surface area contributed by atoms with Gasteiger partial charge in [-0.3, -0.25) is 0 Å². The first-order valence-corrected chi connectivity index (χ1v) is 6.46. The molecule has 6 nitrogen and oxygen atoms in total. The van der Waals surface area contributed by atoms with Gasteiger partial charge in [0.1, 0.15) is 11.9 Å². The summed E-state index contributed by atoms with van der Waals surface area (Å²) in [6.45, 7) is 3.68. The Morgan fingerprint density at radius 1 is 1.25 bits per heavy atom. The van der Waals surface area contributed by atoms with Crippen LogP contribution in [0.2, 0.25) is 0 Å². The number of carbonyl (C=O) groups is 1. The van der Waals surface area contributed by atoms with E-state index in [9.17, 15) is 9.90 Å². The second-order valence-corrected chi connectivity index (χ2v) is 4.87. The maximum atomic E-state index is 11.2. The van der Waals surface area contributed by atoms with Crippen LogP contribution in [0.1, 0.15) is 13.8 Å². The molecule has 1 aromatic carbocycles. The minimum absolute atomic E-state index is 0.0689. The molecule has 1 heterocycles. The fourth-order valence-electron chi connectivity index (χ4n) is 1.98. The number of aliphatic carboxylic acids is 1. The van der Waals surface area contributed by atoms with Crippen LogP contribution in [-0.4, -0.2) is 34.1 Å². The number of hydrogen-bond acceptors (Lipinski definition) is 5. The Morgan fingerprint density at radius 3 is 2.55 bits per heavy atom. The van der Waals surface area contributed by atoms with Crippen LogP contribution in [0.5, 0.6) is 0 Å². The molecule has 0 aliphatic rings. The predicted molar refractivity (Wildman–Crippen MR) is 79.0 cm³/mol. The van der Waals surface area contributed by atoms with Gasteiger partial charge >= 0.3 is 5.97 Å². The summed E-state index contributed by atoms with van der Waals surface area (Å²) in [7, 11) is 1.77. The third-order valence-electron chi connectivity index (χ3n) is 3.06. The fourth-order valence-corrected chi connectivity index (χ4v) is 1.98. The van der Waals surface area contributed by atoms with E-state index in [0.29, 0.717) is 11.8 Å². The summed E-state index contributed by atoms with van der Waals surface area (Å²) in [6.07, 6.45) is 0. The van der Waals surface area contributed by atoms with Crippen LogP contribution in [0.4, 0.5) is 11.8 Å². The topological polar surface area (TPSA) is 87.1 Å². The Labute approximate surface area is 117 Å². The number of fused-ring (bicyclic) bond motifs is 1. The number of benzene rings is 1. The molecule has 0 radical (unpaired) electrons. The molecule has 106 valence electrons. The predicted octanol–water partition coefficient (Wildman–Crippen LogP) is 2.19. The van der Waals surface area contributed by atoms with Crippen molar-refractivity contribution in [2.24, 2.45) is 5.92 Å². The summed E-state index contributed by atoms with van der Waals surface area (Å²) in [5.74, 6) is 0.00326. The lowest BCUT2D eigenvalue weighted by Gasteiger charge is -2.18. The SMILES string of the molecule is CNc1nc(N[C@H](C(=O)O)C(C)C)nc2ccccc12. The smallest absolute Gasteiger partial charge is 0.326 e. The average Bonchev–Trinajstić information content (AvgIpc) is 2.43. The molecule has 2 rings (SSSR count). The van der Waals surface area contributed by atoms with E-state index in [1.807, 2.05) is 38.1 Å². The lowest BCUT2D eigenvalue weighted by molar-refractivity contribution is -0.138. The molecule has 20 heavy (non-hydrogen) atoms. The summed E-state index contributed by atoms with van der Waals surface area (Å²) in [5, 5.41) is 16.0. The van der Waals surface area contributed by atoms with E-state index in [4.69, 9.17) is 0 Å². The Kier molecular flexibility index (Phi) is 4.02. The number of aromatic nitrogens is 2. The maximum Gasteiger partial charge on any atom is 0.326 e. The molecular formula is C14H18N4O2. The molecule has 1 atom stereocenters. The van der Waals surface area contributed by atoms with Crippen molar-refractivity contribution in [2.45, 2.75) is 19.9 Å². The van der Waals surface area contributed by atoms with E-state index in [0.717, 1.165) is 10.9 Å². The minimum Gasteiger partial charge on any atom is -0.480 e. The zero-order valence-corrected chi connectivity index (χ0v) is 11.7. The van der Waals surface area contributed by atoms with Crippen molar-refractivity contribution in [3.05, 3.63) is 24.3 Å². The van der Waals surface area contributed by atoms with Crippen molar-refractivity contribution in [1.29, 1.82) is 0 Å². The van der Waals surface area contributed by atoms with Crippen LogP contribution < -0.4 is 10.6 Å². The first-order chi connectivity index (χ1) is 9.52. The van der Waals surface area contributed by atoms with E-state index in [-0.39, 0.29) is 5.92 Å². The summed E-state index contributed by atoms with van der Waals surface area (Å²) in [4.78, 5) is 19.9. The van der Waals surface area contributed by atoms with Gasteiger partial charge < -0.3 is 15.7 Å². The van der Waals surface area contributed by atoms with Crippen molar-refractivity contribution in [3.63, 3.8) is 0 Å². The highest BCUT2D eigenvalue weighted by Gasteiger charge is 2.22. The van der Waals surface area contributed by atoms with Crippen LogP contribution in [0, 0.1) is 5.92 Å². The van der Waals surface area contributed by atoms with E-state index >= 15 is 0 Å². The van der Waals surface area contributed by atoms with E-state index in [1.165, 1.54) is 0 Å². The van der Waals surface area contributed by atoms with Crippen LogP contribution in [-0.2, 0) is 4.79 Å². The Balaban J connectivity index is 2.42. The molecule has 0 saturated heterocycles. The number of nitrogens with one attached hydrogen (secondary N) is 2. The second-order valence-electron chi connectivity index (χ2n) is 4.87. The molecule has 2 aromatic rings. The number of nitrogens with zero attached hydrogens (tertiary/aromatic N) is 2. The molecule has 0 saturated carbocycles. The van der Waals surface area contributed by atoms with Crippen LogP contribution in [0.15, 0.2) is 24.3 Å². The van der Waals surface area contributed by atoms with Crippen molar-refractivity contribution >= 4 is 28.6 Å². The molecule has 0 aliphatic heterocycles.